The summed E-state index contributed by atoms with van der Waals surface area (Å²) in [5.74, 6) is 0.861. The van der Waals surface area contributed by atoms with Crippen LogP contribution in [0, 0.1) is 5.92 Å². The quantitative estimate of drug-likeness (QED) is 0.0654. The molecule has 0 rings (SSSR count). The predicted octanol–water partition coefficient (Wildman–Crippen LogP) is 13.2. The topological polar surface area (TPSA) is 58.2 Å². The average Bonchev–Trinajstić information content (AvgIpc) is 3.06. The molecule has 2 N–H and O–H groups in total. The Morgan fingerprint density at radius 3 is 0.870 bits per heavy atom. The Morgan fingerprint density at radius 1 is 0.348 bits per heavy atom. The molecule has 0 aliphatic heterocycles. The standard InChI is InChI=1S/C42H84N2O2/c1-4-7-9-11-13-15-17-19-21-23-25-27-29-31-38-43-41(45)36-34-40(33-6-3)35-37-42(46)44-39-32-30-28-26-24-22-20-18-16-14-12-10-8-5-2/h40H,4-39H2,1-3H3,(H,43,45)(H,44,46). The van der Waals surface area contributed by atoms with Gasteiger partial charge in [0.15, 0.2) is 0 Å². The van der Waals surface area contributed by atoms with Crippen molar-refractivity contribution in [1.29, 1.82) is 0 Å². The fourth-order valence-corrected chi connectivity index (χ4v) is 6.78. The Morgan fingerprint density at radius 2 is 0.609 bits per heavy atom. The number of carbonyl (C=O) groups excluding carboxylic acids is 2. The average molecular weight is 649 g/mol. The van der Waals surface area contributed by atoms with Gasteiger partial charge in [0, 0.05) is 25.9 Å². The summed E-state index contributed by atoms with van der Waals surface area (Å²) < 4.78 is 0. The van der Waals surface area contributed by atoms with Crippen molar-refractivity contribution in [2.75, 3.05) is 13.1 Å². The van der Waals surface area contributed by atoms with Crippen molar-refractivity contribution in [1.82, 2.24) is 10.6 Å². The first-order valence-corrected chi connectivity index (χ1v) is 21.2. The number of rotatable bonds is 38. The van der Waals surface area contributed by atoms with Crippen molar-refractivity contribution in [3.05, 3.63) is 0 Å². The third kappa shape index (κ3) is 35.8. The van der Waals surface area contributed by atoms with E-state index in [1.807, 2.05) is 0 Å². The zero-order valence-corrected chi connectivity index (χ0v) is 31.8. The summed E-state index contributed by atoms with van der Waals surface area (Å²) in [4.78, 5) is 24.8. The molecule has 0 saturated heterocycles. The van der Waals surface area contributed by atoms with Crippen LogP contribution >= 0.6 is 0 Å². The maximum Gasteiger partial charge on any atom is 0.220 e. The minimum atomic E-state index is 0.193. The summed E-state index contributed by atoms with van der Waals surface area (Å²) in [6, 6.07) is 0. The molecular formula is C42H84N2O2. The van der Waals surface area contributed by atoms with Gasteiger partial charge < -0.3 is 10.6 Å². The van der Waals surface area contributed by atoms with Crippen LogP contribution in [-0.4, -0.2) is 24.9 Å². The van der Waals surface area contributed by atoms with Crippen LogP contribution in [0.25, 0.3) is 0 Å². The third-order valence-corrected chi connectivity index (χ3v) is 9.96. The van der Waals surface area contributed by atoms with Gasteiger partial charge in [-0.2, -0.15) is 0 Å². The minimum absolute atomic E-state index is 0.193. The second-order valence-corrected chi connectivity index (χ2v) is 14.6. The highest BCUT2D eigenvalue weighted by Gasteiger charge is 2.13. The lowest BCUT2D eigenvalue weighted by atomic mass is 9.92. The molecule has 0 aliphatic rings. The molecule has 0 atom stereocenters. The normalized spacial score (nSPS) is 11.4. The van der Waals surface area contributed by atoms with Crippen molar-refractivity contribution in [2.24, 2.45) is 5.92 Å². The third-order valence-electron chi connectivity index (χ3n) is 9.96. The molecule has 46 heavy (non-hydrogen) atoms. The van der Waals surface area contributed by atoms with E-state index in [0.29, 0.717) is 18.8 Å². The van der Waals surface area contributed by atoms with E-state index in [1.165, 1.54) is 167 Å². The van der Waals surface area contributed by atoms with E-state index in [1.54, 1.807) is 0 Å². The fraction of sp³-hybridized carbons (Fsp3) is 0.952. The zero-order chi connectivity index (χ0) is 33.6. The monoisotopic (exact) mass is 649 g/mol. The summed E-state index contributed by atoms with van der Waals surface area (Å²) in [5.41, 5.74) is 0. The number of hydrogen-bond donors (Lipinski definition) is 2. The smallest absolute Gasteiger partial charge is 0.220 e. The van der Waals surface area contributed by atoms with Crippen LogP contribution in [0.1, 0.15) is 239 Å². The van der Waals surface area contributed by atoms with E-state index in [-0.39, 0.29) is 11.8 Å². The van der Waals surface area contributed by atoms with Crippen molar-refractivity contribution in [2.45, 2.75) is 239 Å². The van der Waals surface area contributed by atoms with Gasteiger partial charge in [0.2, 0.25) is 11.8 Å². The highest BCUT2D eigenvalue weighted by molar-refractivity contribution is 5.76. The van der Waals surface area contributed by atoms with Crippen LogP contribution in [0.3, 0.4) is 0 Å². The number of nitrogens with one attached hydrogen (secondary N) is 2. The van der Waals surface area contributed by atoms with Gasteiger partial charge in [-0.3, -0.25) is 9.59 Å². The minimum Gasteiger partial charge on any atom is -0.356 e. The Kier molecular flexibility index (Phi) is 37.5. The molecule has 274 valence electrons. The van der Waals surface area contributed by atoms with E-state index >= 15 is 0 Å². The van der Waals surface area contributed by atoms with Crippen LogP contribution in [0.5, 0.6) is 0 Å². The summed E-state index contributed by atoms with van der Waals surface area (Å²) >= 11 is 0. The maximum absolute atomic E-state index is 12.4. The van der Waals surface area contributed by atoms with Gasteiger partial charge >= 0.3 is 0 Å². The molecule has 0 aromatic carbocycles. The summed E-state index contributed by atoms with van der Waals surface area (Å²) in [7, 11) is 0. The molecule has 0 aromatic heterocycles. The van der Waals surface area contributed by atoms with Crippen LogP contribution < -0.4 is 10.6 Å². The van der Waals surface area contributed by atoms with E-state index in [0.717, 1.165) is 51.6 Å². The second-order valence-electron chi connectivity index (χ2n) is 14.6. The first-order chi connectivity index (χ1) is 22.6. The lowest BCUT2D eigenvalue weighted by molar-refractivity contribution is -0.121. The van der Waals surface area contributed by atoms with Gasteiger partial charge in [-0.15, -0.1) is 0 Å². The van der Waals surface area contributed by atoms with Crippen LogP contribution in [0.4, 0.5) is 0 Å². The molecule has 0 radical (unpaired) electrons. The van der Waals surface area contributed by atoms with Crippen molar-refractivity contribution < 1.29 is 9.59 Å². The Bertz CT molecular complexity index is 573. The van der Waals surface area contributed by atoms with Gasteiger partial charge in [0.1, 0.15) is 0 Å². The van der Waals surface area contributed by atoms with E-state index in [9.17, 15) is 9.59 Å². The van der Waals surface area contributed by atoms with Gasteiger partial charge in [-0.25, -0.2) is 0 Å². The van der Waals surface area contributed by atoms with E-state index in [2.05, 4.69) is 31.4 Å². The molecule has 0 unspecified atom stereocenters. The molecule has 0 fully saturated rings. The maximum atomic E-state index is 12.4. The van der Waals surface area contributed by atoms with E-state index in [4.69, 9.17) is 0 Å². The Labute approximate surface area is 289 Å². The lowest BCUT2D eigenvalue weighted by Crippen LogP contribution is -2.26. The lowest BCUT2D eigenvalue weighted by Gasteiger charge is -2.16. The zero-order valence-electron chi connectivity index (χ0n) is 31.8. The molecule has 0 spiro atoms. The highest BCUT2D eigenvalue weighted by Crippen LogP contribution is 2.20. The molecule has 0 heterocycles. The number of amides is 2. The van der Waals surface area contributed by atoms with Crippen LogP contribution in [-0.2, 0) is 9.59 Å². The largest absolute Gasteiger partial charge is 0.356 e. The molecule has 4 nitrogen and oxygen atoms in total. The number of hydrogen-bond acceptors (Lipinski definition) is 2. The van der Waals surface area contributed by atoms with Crippen LogP contribution in [0.15, 0.2) is 0 Å². The first-order valence-electron chi connectivity index (χ1n) is 21.2. The Hall–Kier alpha value is -1.06. The van der Waals surface area contributed by atoms with Crippen molar-refractivity contribution in [3.8, 4) is 0 Å². The van der Waals surface area contributed by atoms with Gasteiger partial charge in [-0.05, 0) is 31.6 Å². The van der Waals surface area contributed by atoms with Crippen LogP contribution in [0.2, 0.25) is 0 Å². The van der Waals surface area contributed by atoms with Crippen molar-refractivity contribution in [3.63, 3.8) is 0 Å². The predicted molar refractivity (Wildman–Crippen MR) is 204 cm³/mol. The number of unbranched alkanes of at least 4 members (excludes halogenated alkanes) is 26. The molecule has 4 heteroatoms. The highest BCUT2D eigenvalue weighted by atomic mass is 16.2. The second kappa shape index (κ2) is 38.4. The first kappa shape index (κ1) is 44.9. The van der Waals surface area contributed by atoms with Gasteiger partial charge in [0.05, 0.1) is 0 Å². The number of carbonyl (C=O) groups is 2. The summed E-state index contributed by atoms with van der Waals surface area (Å²) in [6.07, 6.45) is 43.3. The fourth-order valence-electron chi connectivity index (χ4n) is 6.78. The molecule has 0 aromatic rings. The Balaban J connectivity index is 3.58. The molecule has 0 bridgehead atoms. The molecule has 0 saturated carbocycles. The van der Waals surface area contributed by atoms with Gasteiger partial charge in [0.25, 0.3) is 0 Å². The molecular weight excluding hydrogens is 564 g/mol. The summed E-state index contributed by atoms with van der Waals surface area (Å²) in [6.45, 7) is 8.41. The SMILES string of the molecule is CCCCCCCCCCCCCCCCNC(=O)CCC(CCC)CCC(=O)NCCCCCCCCCCCCCCCC. The van der Waals surface area contributed by atoms with E-state index < -0.39 is 0 Å². The van der Waals surface area contributed by atoms with Crippen molar-refractivity contribution >= 4 is 11.8 Å². The summed E-state index contributed by atoms with van der Waals surface area (Å²) in [5, 5.41) is 6.28. The van der Waals surface area contributed by atoms with Gasteiger partial charge in [-0.1, -0.05) is 201 Å². The molecule has 0 aliphatic carbocycles. The molecule has 2 amide bonds.